The molecule has 5 rings (SSSR count). The molecule has 110 valence electrons. The number of fused-ring (bicyclic) bond motifs is 6. The van der Waals surface area contributed by atoms with Gasteiger partial charge in [0, 0.05) is 31.2 Å². The minimum absolute atomic E-state index is 0.349. The SMILES string of the molecule is O=C(C1C2C3CCC(C3)C12)N1CCNCc2ccccc21. The van der Waals surface area contributed by atoms with E-state index < -0.39 is 0 Å². The molecule has 4 unspecified atom stereocenters. The summed E-state index contributed by atoms with van der Waals surface area (Å²) < 4.78 is 0. The molecule has 2 bridgehead atoms. The second-order valence-electron chi connectivity index (χ2n) is 7.31. The lowest BCUT2D eigenvalue weighted by Crippen LogP contribution is -2.37. The summed E-state index contributed by atoms with van der Waals surface area (Å²) >= 11 is 0. The molecular weight excluding hydrogens is 260 g/mol. The van der Waals surface area contributed by atoms with E-state index in [1.54, 1.807) is 0 Å². The number of nitrogens with one attached hydrogen (secondary N) is 1. The monoisotopic (exact) mass is 282 g/mol. The lowest BCUT2D eigenvalue weighted by Gasteiger charge is -2.24. The summed E-state index contributed by atoms with van der Waals surface area (Å²) in [4.78, 5) is 15.2. The van der Waals surface area contributed by atoms with Crippen LogP contribution in [0, 0.1) is 29.6 Å². The average Bonchev–Trinajstić information content (AvgIpc) is 3.06. The van der Waals surface area contributed by atoms with Gasteiger partial charge in [-0.1, -0.05) is 18.2 Å². The third kappa shape index (κ3) is 1.67. The van der Waals surface area contributed by atoms with Crippen molar-refractivity contribution in [3.05, 3.63) is 29.8 Å². The predicted molar refractivity (Wildman–Crippen MR) is 81.8 cm³/mol. The van der Waals surface area contributed by atoms with E-state index in [4.69, 9.17) is 0 Å². The third-order valence-corrected chi connectivity index (χ3v) is 6.40. The van der Waals surface area contributed by atoms with Crippen LogP contribution in [0.4, 0.5) is 5.69 Å². The topological polar surface area (TPSA) is 32.3 Å². The molecule has 1 amide bonds. The van der Waals surface area contributed by atoms with Crippen LogP contribution in [0.5, 0.6) is 0 Å². The van der Waals surface area contributed by atoms with E-state index in [-0.39, 0.29) is 0 Å². The molecule has 0 spiro atoms. The Bertz CT molecular complexity index is 583. The average molecular weight is 282 g/mol. The van der Waals surface area contributed by atoms with Crippen LogP contribution in [0.3, 0.4) is 0 Å². The summed E-state index contributed by atoms with van der Waals surface area (Å²) in [6.07, 6.45) is 4.18. The molecule has 1 aromatic carbocycles. The summed E-state index contributed by atoms with van der Waals surface area (Å²) in [6.45, 7) is 2.60. The van der Waals surface area contributed by atoms with Crippen LogP contribution in [-0.2, 0) is 11.3 Å². The molecule has 1 aromatic rings. The zero-order valence-electron chi connectivity index (χ0n) is 12.3. The van der Waals surface area contributed by atoms with E-state index >= 15 is 0 Å². The molecule has 3 nitrogen and oxygen atoms in total. The summed E-state index contributed by atoms with van der Waals surface area (Å²) in [5.41, 5.74) is 2.40. The minimum atomic E-state index is 0.349. The van der Waals surface area contributed by atoms with Gasteiger partial charge in [-0.2, -0.15) is 0 Å². The standard InChI is InChI=1S/C18H22N2O/c21-18(17-15-11-5-6-12(9-11)16(15)17)20-8-7-19-10-13-3-1-2-4-14(13)20/h1-4,11-12,15-17,19H,5-10H2. The second kappa shape index (κ2) is 4.33. The number of para-hydroxylation sites is 1. The van der Waals surface area contributed by atoms with Crippen molar-refractivity contribution in [1.82, 2.24) is 5.32 Å². The van der Waals surface area contributed by atoms with E-state index in [0.717, 1.165) is 49.0 Å². The molecule has 3 fully saturated rings. The highest BCUT2D eigenvalue weighted by Gasteiger charge is 2.68. The predicted octanol–water partition coefficient (Wildman–Crippen LogP) is 2.41. The van der Waals surface area contributed by atoms with Gasteiger partial charge in [-0.05, 0) is 54.6 Å². The van der Waals surface area contributed by atoms with Crippen molar-refractivity contribution >= 4 is 11.6 Å². The van der Waals surface area contributed by atoms with Gasteiger partial charge in [-0.3, -0.25) is 4.79 Å². The lowest BCUT2D eigenvalue weighted by atomic mass is 10.0. The van der Waals surface area contributed by atoms with Gasteiger partial charge in [0.05, 0.1) is 0 Å². The quantitative estimate of drug-likeness (QED) is 0.858. The van der Waals surface area contributed by atoms with Crippen LogP contribution in [0.1, 0.15) is 24.8 Å². The van der Waals surface area contributed by atoms with Crippen molar-refractivity contribution in [2.24, 2.45) is 29.6 Å². The van der Waals surface area contributed by atoms with Gasteiger partial charge in [0.2, 0.25) is 5.91 Å². The van der Waals surface area contributed by atoms with Gasteiger partial charge in [-0.15, -0.1) is 0 Å². The van der Waals surface area contributed by atoms with Crippen LogP contribution in [0.25, 0.3) is 0 Å². The molecule has 21 heavy (non-hydrogen) atoms. The molecule has 0 aromatic heterocycles. The van der Waals surface area contributed by atoms with Crippen molar-refractivity contribution in [2.45, 2.75) is 25.8 Å². The number of nitrogens with zero attached hydrogens (tertiary/aromatic N) is 1. The summed E-state index contributed by atoms with van der Waals surface area (Å²) in [5, 5.41) is 3.43. The first-order chi connectivity index (χ1) is 10.3. The Labute approximate surface area is 125 Å². The fraction of sp³-hybridized carbons (Fsp3) is 0.611. The van der Waals surface area contributed by atoms with Crippen molar-refractivity contribution in [3.63, 3.8) is 0 Å². The van der Waals surface area contributed by atoms with E-state index in [0.29, 0.717) is 11.8 Å². The highest BCUT2D eigenvalue weighted by atomic mass is 16.2. The first-order valence-electron chi connectivity index (χ1n) is 8.44. The first kappa shape index (κ1) is 12.2. The smallest absolute Gasteiger partial charge is 0.230 e. The summed E-state index contributed by atoms with van der Waals surface area (Å²) in [6, 6.07) is 8.39. The molecule has 3 heteroatoms. The van der Waals surface area contributed by atoms with E-state index in [1.165, 1.54) is 24.8 Å². The maximum atomic E-state index is 13.1. The number of rotatable bonds is 1. The summed E-state index contributed by atoms with van der Waals surface area (Å²) in [7, 11) is 0. The Morgan fingerprint density at radius 2 is 1.90 bits per heavy atom. The maximum Gasteiger partial charge on any atom is 0.230 e. The zero-order valence-corrected chi connectivity index (χ0v) is 12.3. The molecule has 1 aliphatic heterocycles. The number of amides is 1. The van der Waals surface area contributed by atoms with Crippen LogP contribution < -0.4 is 10.2 Å². The fourth-order valence-electron chi connectivity index (χ4n) is 5.52. The van der Waals surface area contributed by atoms with Crippen LogP contribution in [0.2, 0.25) is 0 Å². The zero-order chi connectivity index (χ0) is 14.0. The van der Waals surface area contributed by atoms with Gasteiger partial charge < -0.3 is 10.2 Å². The van der Waals surface area contributed by atoms with Crippen molar-refractivity contribution in [1.29, 1.82) is 0 Å². The number of carbonyl (C=O) groups excluding carboxylic acids is 1. The highest BCUT2D eigenvalue weighted by Crippen LogP contribution is 2.69. The number of anilines is 1. The molecular formula is C18H22N2O. The largest absolute Gasteiger partial charge is 0.311 e. The minimum Gasteiger partial charge on any atom is -0.311 e. The molecule has 3 aliphatic carbocycles. The van der Waals surface area contributed by atoms with Crippen molar-refractivity contribution in [3.8, 4) is 0 Å². The Morgan fingerprint density at radius 3 is 2.71 bits per heavy atom. The second-order valence-corrected chi connectivity index (χ2v) is 7.31. The molecule has 1 N–H and O–H groups in total. The Hall–Kier alpha value is -1.35. The number of hydrogen-bond donors (Lipinski definition) is 1. The molecule has 1 heterocycles. The van der Waals surface area contributed by atoms with Crippen LogP contribution in [0.15, 0.2) is 24.3 Å². The van der Waals surface area contributed by atoms with Gasteiger partial charge in [0.25, 0.3) is 0 Å². The van der Waals surface area contributed by atoms with E-state index in [1.807, 2.05) is 0 Å². The Morgan fingerprint density at radius 1 is 1.14 bits per heavy atom. The summed E-state index contributed by atoms with van der Waals surface area (Å²) in [5.74, 6) is 3.97. The van der Waals surface area contributed by atoms with Gasteiger partial charge in [-0.25, -0.2) is 0 Å². The molecule has 3 saturated carbocycles. The Balaban J connectivity index is 1.44. The van der Waals surface area contributed by atoms with E-state index in [2.05, 4.69) is 34.5 Å². The number of benzene rings is 1. The van der Waals surface area contributed by atoms with E-state index in [9.17, 15) is 4.79 Å². The third-order valence-electron chi connectivity index (χ3n) is 6.40. The fourth-order valence-corrected chi connectivity index (χ4v) is 5.52. The maximum absolute atomic E-state index is 13.1. The number of hydrogen-bond acceptors (Lipinski definition) is 2. The van der Waals surface area contributed by atoms with Crippen LogP contribution in [-0.4, -0.2) is 19.0 Å². The van der Waals surface area contributed by atoms with Crippen LogP contribution >= 0.6 is 0 Å². The molecule has 4 atom stereocenters. The normalized spacial score (nSPS) is 39.6. The Kier molecular flexibility index (Phi) is 2.52. The lowest BCUT2D eigenvalue weighted by molar-refractivity contribution is -0.120. The molecule has 0 saturated heterocycles. The first-order valence-corrected chi connectivity index (χ1v) is 8.44. The van der Waals surface area contributed by atoms with Gasteiger partial charge in [0.1, 0.15) is 0 Å². The molecule has 0 radical (unpaired) electrons. The highest BCUT2D eigenvalue weighted by molar-refractivity contribution is 5.98. The van der Waals surface area contributed by atoms with Gasteiger partial charge in [0.15, 0.2) is 0 Å². The number of carbonyl (C=O) groups is 1. The molecule has 4 aliphatic rings. The van der Waals surface area contributed by atoms with Crippen molar-refractivity contribution in [2.75, 3.05) is 18.0 Å². The van der Waals surface area contributed by atoms with Gasteiger partial charge >= 0.3 is 0 Å². The van der Waals surface area contributed by atoms with Crippen molar-refractivity contribution < 1.29 is 4.79 Å².